The molecule has 0 aromatic carbocycles. The van der Waals surface area contributed by atoms with Gasteiger partial charge in [0.25, 0.3) is 0 Å². The first-order valence-corrected chi connectivity index (χ1v) is 4.42. The van der Waals surface area contributed by atoms with Crippen molar-refractivity contribution in [3.05, 3.63) is 0 Å². The Hall–Kier alpha value is -1.26. The van der Waals surface area contributed by atoms with E-state index in [9.17, 15) is 4.79 Å². The number of hydrogen-bond donors (Lipinski definition) is 2. The molecule has 1 aliphatic carbocycles. The zero-order chi connectivity index (χ0) is 9.42. The monoisotopic (exact) mass is 184 g/mol. The summed E-state index contributed by atoms with van der Waals surface area (Å²) in [6.45, 7) is 0.596. The summed E-state index contributed by atoms with van der Waals surface area (Å²) in [7, 11) is 0. The molecule has 3 fully saturated rings. The molecule has 2 aliphatic heterocycles. The number of fused-ring (bicyclic) bond motifs is 3. The fourth-order valence-corrected chi connectivity index (χ4v) is 2.31. The average Bonchev–Trinajstić information content (AvgIpc) is 2.18. The zero-order valence-electron chi connectivity index (χ0n) is 7.18. The molecule has 1 saturated carbocycles. The predicted octanol–water partition coefficient (Wildman–Crippen LogP) is 0.979. The summed E-state index contributed by atoms with van der Waals surface area (Å²) in [5.74, 6) is 0.354. The normalized spacial score (nSPS) is 35.4. The van der Waals surface area contributed by atoms with Gasteiger partial charge in [0.05, 0.1) is 11.8 Å². The molecular weight excluding hydrogens is 172 g/mol. The number of oxime groups is 1. The first kappa shape index (κ1) is 8.34. The minimum Gasteiger partial charge on any atom is -0.465 e. The van der Waals surface area contributed by atoms with E-state index < -0.39 is 6.09 Å². The number of amides is 1. The van der Waals surface area contributed by atoms with E-state index in [1.54, 1.807) is 0 Å². The van der Waals surface area contributed by atoms with Gasteiger partial charge in [0.1, 0.15) is 0 Å². The number of hydrogen-bond acceptors (Lipinski definition) is 3. The summed E-state index contributed by atoms with van der Waals surface area (Å²) in [6.07, 6.45) is 1.70. The largest absolute Gasteiger partial charge is 0.465 e. The standard InChI is InChI=1S/C8H12N2O3/c11-8(12)10-4-5-1-2-7(10)6(3-5)9-13/h5,7,13H,1-4H2,(H,11,12)/t5-,7+/m1/s1. The summed E-state index contributed by atoms with van der Waals surface area (Å²) in [5.41, 5.74) is 0.630. The number of carboxylic acid groups (broad SMARTS) is 1. The van der Waals surface area contributed by atoms with E-state index in [4.69, 9.17) is 10.3 Å². The second kappa shape index (κ2) is 2.90. The van der Waals surface area contributed by atoms with E-state index in [0.29, 0.717) is 18.2 Å². The minimum absolute atomic E-state index is 0.174. The molecule has 2 N–H and O–H groups in total. The Morgan fingerprint density at radius 1 is 1.54 bits per heavy atom. The van der Waals surface area contributed by atoms with Crippen LogP contribution in [-0.2, 0) is 0 Å². The van der Waals surface area contributed by atoms with Gasteiger partial charge >= 0.3 is 6.09 Å². The number of carbonyl (C=O) groups is 1. The van der Waals surface area contributed by atoms with Crippen LogP contribution in [0.3, 0.4) is 0 Å². The molecule has 3 rings (SSSR count). The molecule has 72 valence electrons. The Morgan fingerprint density at radius 2 is 2.31 bits per heavy atom. The fourth-order valence-electron chi connectivity index (χ4n) is 2.31. The van der Waals surface area contributed by atoms with Crippen molar-refractivity contribution in [3.8, 4) is 0 Å². The lowest BCUT2D eigenvalue weighted by Crippen LogP contribution is -2.55. The Bertz CT molecular complexity index is 264. The van der Waals surface area contributed by atoms with E-state index in [-0.39, 0.29) is 6.04 Å². The van der Waals surface area contributed by atoms with Crippen LogP contribution >= 0.6 is 0 Å². The van der Waals surface area contributed by atoms with Crippen molar-refractivity contribution in [1.29, 1.82) is 0 Å². The molecule has 0 aromatic heterocycles. The van der Waals surface area contributed by atoms with Gasteiger partial charge in [-0.3, -0.25) is 4.90 Å². The molecule has 5 nitrogen and oxygen atoms in total. The van der Waals surface area contributed by atoms with Gasteiger partial charge in [0.2, 0.25) is 0 Å². The summed E-state index contributed by atoms with van der Waals surface area (Å²) in [5, 5.41) is 20.7. The molecule has 2 saturated heterocycles. The summed E-state index contributed by atoms with van der Waals surface area (Å²) >= 11 is 0. The lowest BCUT2D eigenvalue weighted by Gasteiger charge is -2.43. The lowest BCUT2D eigenvalue weighted by atomic mass is 9.79. The van der Waals surface area contributed by atoms with Crippen LogP contribution in [0, 0.1) is 5.92 Å². The van der Waals surface area contributed by atoms with Crippen molar-refractivity contribution in [1.82, 2.24) is 4.90 Å². The lowest BCUT2D eigenvalue weighted by molar-refractivity contribution is 0.0930. The maximum Gasteiger partial charge on any atom is 0.407 e. The van der Waals surface area contributed by atoms with Gasteiger partial charge in [-0.15, -0.1) is 0 Å². The highest BCUT2D eigenvalue weighted by molar-refractivity contribution is 5.93. The first-order chi connectivity index (χ1) is 6.22. The Labute approximate surface area is 75.6 Å². The van der Waals surface area contributed by atoms with Crippen molar-refractivity contribution < 1.29 is 15.1 Å². The highest BCUT2D eigenvalue weighted by Crippen LogP contribution is 2.33. The maximum atomic E-state index is 10.8. The fraction of sp³-hybridized carbons (Fsp3) is 0.750. The third-order valence-electron chi connectivity index (χ3n) is 2.94. The van der Waals surface area contributed by atoms with Crippen LogP contribution in [0.25, 0.3) is 0 Å². The average molecular weight is 184 g/mol. The molecule has 3 aliphatic rings. The molecule has 1 amide bonds. The first-order valence-electron chi connectivity index (χ1n) is 4.42. The van der Waals surface area contributed by atoms with Gasteiger partial charge in [0, 0.05) is 6.54 Å². The van der Waals surface area contributed by atoms with Crippen molar-refractivity contribution in [2.24, 2.45) is 11.1 Å². The van der Waals surface area contributed by atoms with Crippen LogP contribution < -0.4 is 0 Å². The molecule has 5 heteroatoms. The second-order valence-electron chi connectivity index (χ2n) is 3.69. The third-order valence-corrected chi connectivity index (χ3v) is 2.94. The van der Waals surface area contributed by atoms with Crippen LogP contribution in [0.2, 0.25) is 0 Å². The Kier molecular flexibility index (Phi) is 1.86. The SMILES string of the molecule is O=C(O)N1C[C@@H]2CC[C@H]1C(=NO)C2. The molecule has 0 unspecified atom stereocenters. The van der Waals surface area contributed by atoms with E-state index in [2.05, 4.69) is 5.16 Å². The van der Waals surface area contributed by atoms with E-state index in [0.717, 1.165) is 19.3 Å². The smallest absolute Gasteiger partial charge is 0.407 e. The van der Waals surface area contributed by atoms with Crippen molar-refractivity contribution in [2.45, 2.75) is 25.3 Å². The second-order valence-corrected chi connectivity index (χ2v) is 3.69. The molecule has 2 atom stereocenters. The van der Waals surface area contributed by atoms with Crippen molar-refractivity contribution in [2.75, 3.05) is 6.54 Å². The van der Waals surface area contributed by atoms with Crippen LogP contribution in [0.15, 0.2) is 5.16 Å². The van der Waals surface area contributed by atoms with E-state index in [1.165, 1.54) is 4.90 Å². The van der Waals surface area contributed by atoms with Gasteiger partial charge in [-0.25, -0.2) is 4.79 Å². The van der Waals surface area contributed by atoms with Crippen molar-refractivity contribution in [3.63, 3.8) is 0 Å². The van der Waals surface area contributed by atoms with Crippen LogP contribution in [0.1, 0.15) is 19.3 Å². The predicted molar refractivity (Wildman–Crippen MR) is 45.1 cm³/mol. The van der Waals surface area contributed by atoms with Gasteiger partial charge in [-0.05, 0) is 25.2 Å². The maximum absolute atomic E-state index is 10.8. The minimum atomic E-state index is -0.907. The summed E-state index contributed by atoms with van der Waals surface area (Å²) in [4.78, 5) is 12.2. The Balaban J connectivity index is 2.22. The number of rotatable bonds is 0. The highest BCUT2D eigenvalue weighted by Gasteiger charge is 2.40. The zero-order valence-corrected chi connectivity index (χ0v) is 7.18. The molecule has 13 heavy (non-hydrogen) atoms. The molecule has 0 aromatic rings. The molecule has 2 heterocycles. The topological polar surface area (TPSA) is 73.1 Å². The number of nitrogens with zero attached hydrogens (tertiary/aromatic N) is 2. The quantitative estimate of drug-likeness (QED) is 0.435. The molecule has 2 bridgehead atoms. The van der Waals surface area contributed by atoms with Crippen LogP contribution in [0.4, 0.5) is 4.79 Å². The highest BCUT2D eigenvalue weighted by atomic mass is 16.4. The molecular formula is C8H12N2O3. The summed E-state index contributed by atoms with van der Waals surface area (Å²) in [6, 6.07) is -0.174. The molecule has 0 radical (unpaired) electrons. The van der Waals surface area contributed by atoms with Crippen LogP contribution in [0.5, 0.6) is 0 Å². The van der Waals surface area contributed by atoms with Gasteiger partial charge in [-0.2, -0.15) is 0 Å². The van der Waals surface area contributed by atoms with E-state index in [1.807, 2.05) is 0 Å². The van der Waals surface area contributed by atoms with Gasteiger partial charge in [-0.1, -0.05) is 5.16 Å². The van der Waals surface area contributed by atoms with Gasteiger partial charge < -0.3 is 10.3 Å². The Morgan fingerprint density at radius 3 is 2.85 bits per heavy atom. The van der Waals surface area contributed by atoms with Crippen molar-refractivity contribution >= 4 is 11.8 Å². The third kappa shape index (κ3) is 1.24. The molecule has 0 spiro atoms. The number of piperidine rings is 2. The van der Waals surface area contributed by atoms with Gasteiger partial charge in [0.15, 0.2) is 0 Å². The summed E-state index contributed by atoms with van der Waals surface area (Å²) < 4.78 is 0. The van der Waals surface area contributed by atoms with Crippen LogP contribution in [-0.4, -0.2) is 39.6 Å². The van der Waals surface area contributed by atoms with E-state index >= 15 is 0 Å².